The van der Waals surface area contributed by atoms with Gasteiger partial charge in [0, 0.05) is 19.2 Å². The van der Waals surface area contributed by atoms with Gasteiger partial charge in [-0.25, -0.2) is 8.42 Å². The SMILES string of the molecule is CS(=O)(=O)CC(=O)NCCCC#N. The number of hydrogen-bond acceptors (Lipinski definition) is 4. The second-order valence-corrected chi connectivity index (χ2v) is 4.82. The average Bonchev–Trinajstić information content (AvgIpc) is 1.94. The summed E-state index contributed by atoms with van der Waals surface area (Å²) in [7, 11) is -3.24. The van der Waals surface area contributed by atoms with Crippen LogP contribution in [0.3, 0.4) is 0 Å². The van der Waals surface area contributed by atoms with Crippen molar-refractivity contribution in [2.24, 2.45) is 0 Å². The zero-order chi connectivity index (χ0) is 10.3. The van der Waals surface area contributed by atoms with E-state index in [0.717, 1.165) is 6.26 Å². The molecule has 0 heterocycles. The number of carbonyl (C=O) groups excluding carboxylic acids is 1. The van der Waals surface area contributed by atoms with Crippen molar-refractivity contribution >= 4 is 15.7 Å². The average molecular weight is 204 g/mol. The Kier molecular flexibility index (Phi) is 5.07. The van der Waals surface area contributed by atoms with Crippen molar-refractivity contribution in [3.05, 3.63) is 0 Å². The summed E-state index contributed by atoms with van der Waals surface area (Å²) < 4.78 is 21.2. The highest BCUT2D eigenvalue weighted by molar-refractivity contribution is 7.91. The van der Waals surface area contributed by atoms with Gasteiger partial charge < -0.3 is 5.32 Å². The summed E-state index contributed by atoms with van der Waals surface area (Å²) in [5.74, 6) is -1.00. The van der Waals surface area contributed by atoms with Gasteiger partial charge in [0.05, 0.1) is 6.07 Å². The summed E-state index contributed by atoms with van der Waals surface area (Å²) in [5.41, 5.74) is 0. The highest BCUT2D eigenvalue weighted by atomic mass is 32.2. The van der Waals surface area contributed by atoms with E-state index < -0.39 is 21.5 Å². The fraction of sp³-hybridized carbons (Fsp3) is 0.714. The maximum absolute atomic E-state index is 10.8. The summed E-state index contributed by atoms with van der Waals surface area (Å²) in [6, 6.07) is 1.92. The fourth-order valence-electron chi connectivity index (χ4n) is 0.684. The van der Waals surface area contributed by atoms with E-state index in [9.17, 15) is 13.2 Å². The van der Waals surface area contributed by atoms with Crippen LogP contribution in [0, 0.1) is 11.3 Å². The first-order valence-corrected chi connectivity index (χ1v) is 5.83. The minimum Gasteiger partial charge on any atom is -0.355 e. The van der Waals surface area contributed by atoms with E-state index >= 15 is 0 Å². The van der Waals surface area contributed by atoms with Gasteiger partial charge in [0.2, 0.25) is 5.91 Å². The Balaban J connectivity index is 3.60. The smallest absolute Gasteiger partial charge is 0.235 e. The molecule has 0 radical (unpaired) electrons. The molecule has 0 aliphatic carbocycles. The van der Waals surface area contributed by atoms with Crippen LogP contribution in [0.4, 0.5) is 0 Å². The highest BCUT2D eigenvalue weighted by Crippen LogP contribution is 1.85. The van der Waals surface area contributed by atoms with E-state index in [-0.39, 0.29) is 0 Å². The van der Waals surface area contributed by atoms with E-state index in [0.29, 0.717) is 19.4 Å². The van der Waals surface area contributed by atoms with Crippen LogP contribution in [0.1, 0.15) is 12.8 Å². The third-order valence-corrected chi connectivity index (χ3v) is 1.97. The van der Waals surface area contributed by atoms with Crippen LogP contribution in [-0.4, -0.2) is 32.9 Å². The zero-order valence-corrected chi connectivity index (χ0v) is 8.23. The van der Waals surface area contributed by atoms with Gasteiger partial charge in [-0.15, -0.1) is 0 Å². The lowest BCUT2D eigenvalue weighted by Gasteiger charge is -2.01. The first kappa shape index (κ1) is 11.9. The lowest BCUT2D eigenvalue weighted by atomic mass is 10.3. The molecule has 0 spiro atoms. The third kappa shape index (κ3) is 8.82. The second-order valence-electron chi connectivity index (χ2n) is 2.68. The number of nitriles is 1. The maximum Gasteiger partial charge on any atom is 0.235 e. The number of sulfone groups is 1. The number of hydrogen-bond donors (Lipinski definition) is 1. The maximum atomic E-state index is 10.8. The summed E-state index contributed by atoms with van der Waals surface area (Å²) in [6.07, 6.45) is 1.91. The molecular weight excluding hydrogens is 192 g/mol. The molecule has 0 aliphatic heterocycles. The Hall–Kier alpha value is -1.09. The zero-order valence-electron chi connectivity index (χ0n) is 7.41. The number of amides is 1. The van der Waals surface area contributed by atoms with Gasteiger partial charge >= 0.3 is 0 Å². The van der Waals surface area contributed by atoms with Crippen molar-refractivity contribution in [3.63, 3.8) is 0 Å². The van der Waals surface area contributed by atoms with E-state index in [4.69, 9.17) is 5.26 Å². The topological polar surface area (TPSA) is 87.0 Å². The van der Waals surface area contributed by atoms with Gasteiger partial charge in [-0.2, -0.15) is 5.26 Å². The Morgan fingerprint density at radius 3 is 2.62 bits per heavy atom. The fourth-order valence-corrected chi connectivity index (χ4v) is 1.26. The van der Waals surface area contributed by atoms with Crippen LogP contribution < -0.4 is 5.32 Å². The molecule has 0 aromatic rings. The van der Waals surface area contributed by atoms with E-state index in [1.807, 2.05) is 6.07 Å². The minimum atomic E-state index is -3.24. The molecule has 6 heteroatoms. The molecule has 0 unspecified atom stereocenters. The summed E-state index contributed by atoms with van der Waals surface area (Å²) in [5, 5.41) is 10.6. The second kappa shape index (κ2) is 5.54. The molecule has 0 aromatic carbocycles. The third-order valence-electron chi connectivity index (χ3n) is 1.18. The van der Waals surface area contributed by atoms with Crippen molar-refractivity contribution in [1.82, 2.24) is 5.32 Å². The van der Waals surface area contributed by atoms with Gasteiger partial charge in [0.1, 0.15) is 5.75 Å². The van der Waals surface area contributed by atoms with Crippen molar-refractivity contribution in [2.75, 3.05) is 18.6 Å². The lowest BCUT2D eigenvalue weighted by molar-refractivity contribution is -0.118. The predicted molar refractivity (Wildman–Crippen MR) is 47.6 cm³/mol. The molecule has 0 saturated carbocycles. The molecule has 0 rings (SSSR count). The molecule has 0 atom stereocenters. The van der Waals surface area contributed by atoms with Crippen molar-refractivity contribution in [2.45, 2.75) is 12.8 Å². The Labute approximate surface area is 77.7 Å². The predicted octanol–water partition coefficient (Wildman–Crippen LogP) is -0.549. The first-order valence-electron chi connectivity index (χ1n) is 3.77. The van der Waals surface area contributed by atoms with Crippen molar-refractivity contribution in [3.8, 4) is 6.07 Å². The number of carbonyl (C=O) groups is 1. The molecule has 74 valence electrons. The molecule has 0 bridgehead atoms. The molecule has 5 nitrogen and oxygen atoms in total. The standard InChI is InChI=1S/C7H12N2O3S/c1-13(11,12)6-7(10)9-5-3-2-4-8/h2-3,5-6H2,1H3,(H,9,10). The summed E-state index contributed by atoms with van der Waals surface area (Å²) in [4.78, 5) is 10.8. The lowest BCUT2D eigenvalue weighted by Crippen LogP contribution is -2.30. The van der Waals surface area contributed by atoms with Gasteiger partial charge in [-0.05, 0) is 6.42 Å². The highest BCUT2D eigenvalue weighted by Gasteiger charge is 2.09. The number of rotatable bonds is 5. The number of unbranched alkanes of at least 4 members (excludes halogenated alkanes) is 1. The van der Waals surface area contributed by atoms with Crippen molar-refractivity contribution in [1.29, 1.82) is 5.26 Å². The minimum absolute atomic E-state index is 0.349. The van der Waals surface area contributed by atoms with E-state index in [1.54, 1.807) is 0 Å². The van der Waals surface area contributed by atoms with Crippen molar-refractivity contribution < 1.29 is 13.2 Å². The van der Waals surface area contributed by atoms with E-state index in [1.165, 1.54) is 0 Å². The molecule has 13 heavy (non-hydrogen) atoms. The molecule has 1 amide bonds. The molecule has 0 saturated heterocycles. The summed E-state index contributed by atoms with van der Waals surface area (Å²) in [6.45, 7) is 0.349. The van der Waals surface area contributed by atoms with Crippen LogP contribution in [0.25, 0.3) is 0 Å². The molecule has 1 N–H and O–H groups in total. The molecule has 0 aliphatic rings. The quantitative estimate of drug-likeness (QED) is 0.609. The first-order chi connectivity index (χ1) is 5.95. The normalized spacial score (nSPS) is 10.5. The summed E-state index contributed by atoms with van der Waals surface area (Å²) >= 11 is 0. The molecule has 0 aromatic heterocycles. The monoisotopic (exact) mass is 204 g/mol. The largest absolute Gasteiger partial charge is 0.355 e. The van der Waals surface area contributed by atoms with Gasteiger partial charge in [0.15, 0.2) is 9.84 Å². The van der Waals surface area contributed by atoms with Gasteiger partial charge in [-0.3, -0.25) is 4.79 Å². The van der Waals surface area contributed by atoms with Crippen LogP contribution in [0.5, 0.6) is 0 Å². The van der Waals surface area contributed by atoms with E-state index in [2.05, 4.69) is 5.32 Å². The number of nitrogens with one attached hydrogen (secondary N) is 1. The Bertz CT molecular complexity index is 302. The molecular formula is C7H12N2O3S. The van der Waals surface area contributed by atoms with Crippen LogP contribution >= 0.6 is 0 Å². The van der Waals surface area contributed by atoms with Crippen LogP contribution in [-0.2, 0) is 14.6 Å². The van der Waals surface area contributed by atoms with Gasteiger partial charge in [0.25, 0.3) is 0 Å². The van der Waals surface area contributed by atoms with Crippen LogP contribution in [0.2, 0.25) is 0 Å². The van der Waals surface area contributed by atoms with Crippen LogP contribution in [0.15, 0.2) is 0 Å². The Morgan fingerprint density at radius 2 is 2.15 bits per heavy atom. The Morgan fingerprint density at radius 1 is 1.54 bits per heavy atom. The van der Waals surface area contributed by atoms with Gasteiger partial charge in [-0.1, -0.05) is 0 Å². The number of nitrogens with zero attached hydrogens (tertiary/aromatic N) is 1. The molecule has 0 fully saturated rings.